The first-order valence-electron chi connectivity index (χ1n) is 11.9. The van der Waals surface area contributed by atoms with Crippen LogP contribution >= 0.6 is 0 Å². The number of ether oxygens (including phenoxy) is 2. The standard InChI is InChI=1S/C28H31N5O3/c1-35-24-11-6-8-21(14-24)19-33(20-22-15-25(36-2)18-29-17-22)13-7-12-30-28(34)27-16-26(31-32-27)23-9-4-3-5-10-23/h3-6,8-11,14-18H,7,12-13,19-20H2,1-2H3,(H,30,34)(H,31,32). The molecule has 186 valence electrons. The largest absolute Gasteiger partial charge is 0.497 e. The molecule has 0 unspecified atom stereocenters. The quantitative estimate of drug-likeness (QED) is 0.291. The van der Waals surface area contributed by atoms with E-state index in [2.05, 4.69) is 31.5 Å². The van der Waals surface area contributed by atoms with Crippen LogP contribution in [0.2, 0.25) is 0 Å². The molecular formula is C28H31N5O3. The van der Waals surface area contributed by atoms with Crippen LogP contribution in [0.5, 0.6) is 11.5 Å². The van der Waals surface area contributed by atoms with E-state index in [1.54, 1.807) is 26.5 Å². The van der Waals surface area contributed by atoms with Crippen LogP contribution in [-0.2, 0) is 13.1 Å². The van der Waals surface area contributed by atoms with E-state index in [4.69, 9.17) is 9.47 Å². The van der Waals surface area contributed by atoms with Crippen molar-refractivity contribution in [3.63, 3.8) is 0 Å². The van der Waals surface area contributed by atoms with Crippen LogP contribution in [0.25, 0.3) is 11.3 Å². The first-order valence-corrected chi connectivity index (χ1v) is 11.9. The molecule has 4 aromatic rings. The van der Waals surface area contributed by atoms with Crippen molar-refractivity contribution in [2.75, 3.05) is 27.3 Å². The number of amides is 1. The molecule has 8 nitrogen and oxygen atoms in total. The SMILES string of the molecule is COc1cccc(CN(CCCNC(=O)c2cc(-c3ccccc3)n[nH]2)Cc2cncc(OC)c2)c1. The number of H-pyrrole nitrogens is 1. The number of aromatic amines is 1. The summed E-state index contributed by atoms with van der Waals surface area (Å²) in [6.45, 7) is 2.77. The van der Waals surface area contributed by atoms with Gasteiger partial charge in [0.05, 0.1) is 26.1 Å². The molecule has 0 atom stereocenters. The number of carbonyl (C=O) groups is 1. The first-order chi connectivity index (χ1) is 17.6. The Bertz CT molecular complexity index is 1210. The number of hydrogen-bond donors (Lipinski definition) is 2. The molecule has 0 radical (unpaired) electrons. The molecule has 0 saturated carbocycles. The van der Waals surface area contributed by atoms with Gasteiger partial charge in [0.1, 0.15) is 17.2 Å². The number of pyridine rings is 1. The topological polar surface area (TPSA) is 92.4 Å². The Labute approximate surface area is 211 Å². The normalized spacial score (nSPS) is 10.9. The highest BCUT2D eigenvalue weighted by Crippen LogP contribution is 2.18. The molecule has 2 aromatic carbocycles. The van der Waals surface area contributed by atoms with Crippen LogP contribution in [-0.4, -0.2) is 53.3 Å². The lowest BCUT2D eigenvalue weighted by molar-refractivity contribution is 0.0946. The Morgan fingerprint density at radius 1 is 0.917 bits per heavy atom. The summed E-state index contributed by atoms with van der Waals surface area (Å²) in [7, 11) is 3.31. The molecule has 0 saturated heterocycles. The van der Waals surface area contributed by atoms with Gasteiger partial charge >= 0.3 is 0 Å². The van der Waals surface area contributed by atoms with Gasteiger partial charge in [0.25, 0.3) is 5.91 Å². The molecule has 2 heterocycles. The van der Waals surface area contributed by atoms with Crippen molar-refractivity contribution in [3.8, 4) is 22.8 Å². The molecule has 0 aliphatic heterocycles. The summed E-state index contributed by atoms with van der Waals surface area (Å²) < 4.78 is 10.7. The number of hydrogen-bond acceptors (Lipinski definition) is 6. The van der Waals surface area contributed by atoms with Gasteiger partial charge in [-0.3, -0.25) is 19.8 Å². The summed E-state index contributed by atoms with van der Waals surface area (Å²) in [5.41, 5.74) is 4.38. The number of benzene rings is 2. The molecule has 36 heavy (non-hydrogen) atoms. The molecule has 0 aliphatic rings. The van der Waals surface area contributed by atoms with Gasteiger partial charge in [0, 0.05) is 37.9 Å². The average molecular weight is 486 g/mol. The third kappa shape index (κ3) is 6.93. The summed E-state index contributed by atoms with van der Waals surface area (Å²) in [5.74, 6) is 1.40. The summed E-state index contributed by atoms with van der Waals surface area (Å²) in [6.07, 6.45) is 4.34. The van der Waals surface area contributed by atoms with E-state index in [1.807, 2.05) is 60.8 Å². The zero-order valence-corrected chi connectivity index (χ0v) is 20.6. The van der Waals surface area contributed by atoms with Crippen LogP contribution in [0.4, 0.5) is 0 Å². The molecule has 8 heteroatoms. The number of carbonyl (C=O) groups excluding carboxylic acids is 1. The number of aromatic nitrogens is 3. The number of methoxy groups -OCH3 is 2. The third-order valence-electron chi connectivity index (χ3n) is 5.78. The summed E-state index contributed by atoms with van der Waals surface area (Å²) in [5, 5.41) is 10.1. The fourth-order valence-electron chi connectivity index (χ4n) is 3.96. The highest BCUT2D eigenvalue weighted by molar-refractivity contribution is 5.93. The molecule has 4 rings (SSSR count). The third-order valence-corrected chi connectivity index (χ3v) is 5.78. The lowest BCUT2D eigenvalue weighted by Gasteiger charge is -2.23. The monoisotopic (exact) mass is 485 g/mol. The van der Waals surface area contributed by atoms with Crippen molar-refractivity contribution >= 4 is 5.91 Å². The van der Waals surface area contributed by atoms with Crippen LogP contribution < -0.4 is 14.8 Å². The van der Waals surface area contributed by atoms with Gasteiger partial charge in [-0.1, -0.05) is 42.5 Å². The Hall–Kier alpha value is -4.17. The summed E-state index contributed by atoms with van der Waals surface area (Å²) in [6, 6.07) is 21.6. The second-order valence-corrected chi connectivity index (χ2v) is 8.44. The fraction of sp³-hybridized carbons (Fsp3) is 0.250. The van der Waals surface area contributed by atoms with Crippen molar-refractivity contribution in [1.29, 1.82) is 0 Å². The van der Waals surface area contributed by atoms with Crippen LogP contribution in [0.15, 0.2) is 79.1 Å². The highest BCUT2D eigenvalue weighted by atomic mass is 16.5. The van der Waals surface area contributed by atoms with Crippen molar-refractivity contribution < 1.29 is 14.3 Å². The Morgan fingerprint density at radius 2 is 1.69 bits per heavy atom. The average Bonchev–Trinajstić information content (AvgIpc) is 3.42. The van der Waals surface area contributed by atoms with Crippen LogP contribution in [0, 0.1) is 0 Å². The maximum absolute atomic E-state index is 12.6. The van der Waals surface area contributed by atoms with Crippen molar-refractivity contribution in [3.05, 3.63) is 95.9 Å². The number of nitrogens with one attached hydrogen (secondary N) is 2. The lowest BCUT2D eigenvalue weighted by atomic mass is 10.1. The summed E-state index contributed by atoms with van der Waals surface area (Å²) >= 11 is 0. The predicted molar refractivity (Wildman–Crippen MR) is 139 cm³/mol. The highest BCUT2D eigenvalue weighted by Gasteiger charge is 2.12. The van der Waals surface area contributed by atoms with E-state index in [-0.39, 0.29) is 5.91 Å². The van der Waals surface area contributed by atoms with Crippen molar-refractivity contribution in [2.24, 2.45) is 0 Å². The lowest BCUT2D eigenvalue weighted by Crippen LogP contribution is -2.30. The van der Waals surface area contributed by atoms with E-state index >= 15 is 0 Å². The molecule has 0 bridgehead atoms. The van der Waals surface area contributed by atoms with Crippen LogP contribution in [0.1, 0.15) is 28.0 Å². The zero-order valence-electron chi connectivity index (χ0n) is 20.6. The molecule has 0 fully saturated rings. The van der Waals surface area contributed by atoms with Gasteiger partial charge in [-0.2, -0.15) is 5.10 Å². The smallest absolute Gasteiger partial charge is 0.269 e. The van der Waals surface area contributed by atoms with Gasteiger partial charge in [0.2, 0.25) is 0 Å². The van der Waals surface area contributed by atoms with Crippen molar-refractivity contribution in [2.45, 2.75) is 19.5 Å². The number of rotatable bonds is 12. The molecule has 0 spiro atoms. The maximum Gasteiger partial charge on any atom is 0.269 e. The minimum Gasteiger partial charge on any atom is -0.497 e. The van der Waals surface area contributed by atoms with E-state index < -0.39 is 0 Å². The number of nitrogens with zero attached hydrogens (tertiary/aromatic N) is 3. The van der Waals surface area contributed by atoms with E-state index in [1.165, 1.54) is 0 Å². The zero-order chi connectivity index (χ0) is 25.2. The van der Waals surface area contributed by atoms with Gasteiger partial charge in [0.15, 0.2) is 0 Å². The second kappa shape index (κ2) is 12.5. The van der Waals surface area contributed by atoms with Crippen LogP contribution in [0.3, 0.4) is 0 Å². The van der Waals surface area contributed by atoms with Gasteiger partial charge in [-0.05, 0) is 41.8 Å². The maximum atomic E-state index is 12.6. The Morgan fingerprint density at radius 3 is 2.50 bits per heavy atom. The van der Waals surface area contributed by atoms with Gasteiger partial charge in [-0.15, -0.1) is 0 Å². The minimum absolute atomic E-state index is 0.166. The van der Waals surface area contributed by atoms with Gasteiger partial charge < -0.3 is 14.8 Å². The second-order valence-electron chi connectivity index (χ2n) is 8.44. The molecule has 1 amide bonds. The molecule has 2 aromatic heterocycles. The molecule has 0 aliphatic carbocycles. The minimum atomic E-state index is -0.166. The molecular weight excluding hydrogens is 454 g/mol. The fourth-order valence-corrected chi connectivity index (χ4v) is 3.96. The predicted octanol–water partition coefficient (Wildman–Crippen LogP) is 4.31. The first kappa shape index (κ1) is 24.9. The summed E-state index contributed by atoms with van der Waals surface area (Å²) in [4.78, 5) is 19.2. The van der Waals surface area contributed by atoms with E-state index in [0.29, 0.717) is 18.8 Å². The van der Waals surface area contributed by atoms with Crippen molar-refractivity contribution in [1.82, 2.24) is 25.4 Å². The van der Waals surface area contributed by atoms with E-state index in [9.17, 15) is 4.79 Å². The Balaban J connectivity index is 1.34. The molecule has 2 N–H and O–H groups in total. The van der Waals surface area contributed by atoms with Gasteiger partial charge in [-0.25, -0.2) is 0 Å². The Kier molecular flexibility index (Phi) is 8.67. The van der Waals surface area contributed by atoms with E-state index in [0.717, 1.165) is 53.4 Å².